The number of hydrogen-bond donors (Lipinski definition) is 1. The fourth-order valence-electron chi connectivity index (χ4n) is 4.61. The molecule has 2 heterocycles. The largest absolute Gasteiger partial charge is 0.462 e. The van der Waals surface area contributed by atoms with Crippen LogP contribution in [0.1, 0.15) is 74.0 Å². The molecule has 7 nitrogen and oxygen atoms in total. The number of nitrogens with zero attached hydrogens (tertiary/aromatic N) is 1. The number of carbonyl (C=O) groups is 3. The molecule has 0 radical (unpaired) electrons. The Balaban J connectivity index is 1.60. The number of nitrogens with one attached hydrogen (secondary N) is 1. The van der Waals surface area contributed by atoms with Gasteiger partial charge in [0, 0.05) is 16.8 Å². The highest BCUT2D eigenvalue weighted by molar-refractivity contribution is 6.07. The highest BCUT2D eigenvalue weighted by Gasteiger charge is 2.28. The number of hydrogen-bond acceptors (Lipinski definition) is 6. The zero-order valence-corrected chi connectivity index (χ0v) is 19.4. The second kappa shape index (κ2) is 9.17. The molecule has 0 saturated carbocycles. The van der Waals surface area contributed by atoms with Crippen molar-refractivity contribution in [1.29, 1.82) is 0 Å². The smallest absolute Gasteiger partial charge is 0.340 e. The van der Waals surface area contributed by atoms with Crippen LogP contribution in [0.2, 0.25) is 0 Å². The molecule has 0 saturated heterocycles. The summed E-state index contributed by atoms with van der Waals surface area (Å²) >= 11 is 0. The van der Waals surface area contributed by atoms with Crippen molar-refractivity contribution in [3.8, 4) is 0 Å². The Morgan fingerprint density at radius 1 is 1.09 bits per heavy atom. The van der Waals surface area contributed by atoms with E-state index >= 15 is 0 Å². The molecular formula is C26H28N2O5. The van der Waals surface area contributed by atoms with Crippen molar-refractivity contribution in [2.45, 2.75) is 47.0 Å². The van der Waals surface area contributed by atoms with Crippen LogP contribution >= 0.6 is 0 Å². The van der Waals surface area contributed by atoms with Crippen molar-refractivity contribution < 1.29 is 23.9 Å². The summed E-state index contributed by atoms with van der Waals surface area (Å²) in [7, 11) is 0. The van der Waals surface area contributed by atoms with Crippen molar-refractivity contribution in [2.75, 3.05) is 13.2 Å². The number of Topliss-reactive ketones (excluding diaryl/α,β-unsaturated/α-hetero) is 1. The van der Waals surface area contributed by atoms with E-state index in [4.69, 9.17) is 14.5 Å². The fraction of sp³-hybridized carbons (Fsp3) is 0.385. The van der Waals surface area contributed by atoms with E-state index in [2.05, 4.69) is 11.9 Å². The van der Waals surface area contributed by atoms with E-state index in [1.54, 1.807) is 20.8 Å². The number of rotatable bonds is 6. The number of carbonyl (C=O) groups excluding carboxylic acids is 3. The van der Waals surface area contributed by atoms with E-state index in [0.29, 0.717) is 28.3 Å². The average Bonchev–Trinajstić information content (AvgIpc) is 3.09. The number of benzene rings is 1. The third kappa shape index (κ3) is 4.27. The van der Waals surface area contributed by atoms with Gasteiger partial charge in [0.25, 0.3) is 0 Å². The molecule has 0 bridgehead atoms. The third-order valence-corrected chi connectivity index (χ3v) is 6.24. The maximum Gasteiger partial charge on any atom is 0.340 e. The van der Waals surface area contributed by atoms with Crippen molar-refractivity contribution in [1.82, 2.24) is 9.97 Å². The minimum absolute atomic E-state index is 0.243. The Bertz CT molecular complexity index is 1260. The lowest BCUT2D eigenvalue weighted by Gasteiger charge is -2.24. The fourth-order valence-corrected chi connectivity index (χ4v) is 4.61. The average molecular weight is 449 g/mol. The summed E-state index contributed by atoms with van der Waals surface area (Å²) in [6.45, 7) is 7.09. The van der Waals surface area contributed by atoms with Crippen LogP contribution in [0, 0.1) is 19.8 Å². The predicted octanol–water partition coefficient (Wildman–Crippen LogP) is 4.52. The van der Waals surface area contributed by atoms with Crippen LogP contribution in [0.5, 0.6) is 0 Å². The molecule has 1 aliphatic carbocycles. The normalized spacial score (nSPS) is 15.2. The number of aromatic nitrogens is 2. The van der Waals surface area contributed by atoms with E-state index < -0.39 is 24.3 Å². The second-order valence-electron chi connectivity index (χ2n) is 8.62. The summed E-state index contributed by atoms with van der Waals surface area (Å²) in [5, 5.41) is 0.735. The monoisotopic (exact) mass is 448 g/mol. The molecule has 1 unspecified atom stereocenters. The van der Waals surface area contributed by atoms with E-state index in [0.717, 1.165) is 41.4 Å². The molecule has 33 heavy (non-hydrogen) atoms. The molecular weight excluding hydrogens is 420 g/mol. The number of pyridine rings is 1. The number of esters is 2. The van der Waals surface area contributed by atoms with Gasteiger partial charge in [0.15, 0.2) is 6.61 Å². The van der Waals surface area contributed by atoms with E-state index in [1.807, 2.05) is 24.3 Å². The van der Waals surface area contributed by atoms with Crippen LogP contribution < -0.4 is 0 Å². The molecule has 172 valence electrons. The molecule has 4 rings (SSSR count). The lowest BCUT2D eigenvalue weighted by molar-refractivity contribution is 0.0472. The number of H-pyrrole nitrogens is 1. The van der Waals surface area contributed by atoms with Crippen molar-refractivity contribution >= 4 is 28.6 Å². The molecule has 2 aromatic heterocycles. The van der Waals surface area contributed by atoms with Gasteiger partial charge in [-0.15, -0.1) is 0 Å². The zero-order chi connectivity index (χ0) is 23.7. The van der Waals surface area contributed by atoms with Crippen LogP contribution in [-0.2, 0) is 22.3 Å². The first-order valence-corrected chi connectivity index (χ1v) is 11.3. The van der Waals surface area contributed by atoms with E-state index in [-0.39, 0.29) is 12.3 Å². The lowest BCUT2D eigenvalue weighted by Crippen LogP contribution is -2.21. The van der Waals surface area contributed by atoms with Gasteiger partial charge >= 0.3 is 11.9 Å². The summed E-state index contributed by atoms with van der Waals surface area (Å²) in [5.74, 6) is -0.970. The maximum absolute atomic E-state index is 13.2. The predicted molar refractivity (Wildman–Crippen MR) is 124 cm³/mol. The number of fused-ring (bicyclic) bond motifs is 2. The Morgan fingerprint density at radius 2 is 1.82 bits per heavy atom. The van der Waals surface area contributed by atoms with Crippen molar-refractivity contribution in [2.24, 2.45) is 5.92 Å². The van der Waals surface area contributed by atoms with Crippen LogP contribution in [0.3, 0.4) is 0 Å². The van der Waals surface area contributed by atoms with Gasteiger partial charge in [0.2, 0.25) is 5.78 Å². The highest BCUT2D eigenvalue weighted by Crippen LogP contribution is 2.32. The van der Waals surface area contributed by atoms with Gasteiger partial charge in [-0.25, -0.2) is 9.59 Å². The Morgan fingerprint density at radius 3 is 2.58 bits per heavy atom. The molecule has 1 atom stereocenters. The minimum atomic E-state index is -0.529. The van der Waals surface area contributed by atoms with Gasteiger partial charge in [0.05, 0.1) is 28.9 Å². The van der Waals surface area contributed by atoms with Crippen LogP contribution in [-0.4, -0.2) is 40.9 Å². The van der Waals surface area contributed by atoms with Gasteiger partial charge in [-0.2, -0.15) is 0 Å². The number of ether oxygens (including phenoxy) is 2. The molecule has 1 aromatic carbocycles. The number of para-hydroxylation sites is 1. The second-order valence-corrected chi connectivity index (χ2v) is 8.62. The van der Waals surface area contributed by atoms with Crippen LogP contribution in [0.15, 0.2) is 24.3 Å². The molecule has 0 aliphatic heterocycles. The summed E-state index contributed by atoms with van der Waals surface area (Å²) in [6, 6.07) is 7.51. The van der Waals surface area contributed by atoms with Gasteiger partial charge < -0.3 is 14.5 Å². The zero-order valence-electron chi connectivity index (χ0n) is 19.4. The molecule has 0 amide bonds. The third-order valence-electron chi connectivity index (χ3n) is 6.24. The maximum atomic E-state index is 13.2. The van der Waals surface area contributed by atoms with E-state index in [9.17, 15) is 14.4 Å². The topological polar surface area (TPSA) is 98.4 Å². The Labute approximate surface area is 192 Å². The minimum Gasteiger partial charge on any atom is -0.462 e. The highest BCUT2D eigenvalue weighted by atomic mass is 16.5. The molecule has 3 aromatic rings. The van der Waals surface area contributed by atoms with Gasteiger partial charge in [-0.3, -0.25) is 9.78 Å². The molecule has 0 spiro atoms. The van der Waals surface area contributed by atoms with Crippen molar-refractivity contribution in [3.05, 3.63) is 63.6 Å². The summed E-state index contributed by atoms with van der Waals surface area (Å²) in [5.41, 5.74) is 4.73. The number of ketones is 1. The number of aryl methyl sites for hydroxylation is 2. The molecule has 7 heteroatoms. The first kappa shape index (κ1) is 22.7. The summed E-state index contributed by atoms with van der Waals surface area (Å²) < 4.78 is 10.6. The van der Waals surface area contributed by atoms with Crippen molar-refractivity contribution in [3.63, 3.8) is 0 Å². The first-order chi connectivity index (χ1) is 15.8. The quantitative estimate of drug-likeness (QED) is 0.440. The molecule has 1 aliphatic rings. The lowest BCUT2D eigenvalue weighted by atomic mass is 9.84. The van der Waals surface area contributed by atoms with Crippen LogP contribution in [0.25, 0.3) is 10.9 Å². The van der Waals surface area contributed by atoms with Gasteiger partial charge in [0.1, 0.15) is 0 Å². The molecule has 0 fully saturated rings. The summed E-state index contributed by atoms with van der Waals surface area (Å²) in [4.78, 5) is 46.0. The Kier molecular flexibility index (Phi) is 6.31. The standard InChI is InChI=1S/C26H28N2O5/c1-5-32-25(30)22-15(3)24(27-16(22)4)21(29)13-33-26(31)23-17-8-6-7-9-19(17)28-20-11-10-14(2)12-18(20)23/h6-9,14,27H,5,10-13H2,1-4H3. The van der Waals surface area contributed by atoms with Crippen LogP contribution in [0.4, 0.5) is 0 Å². The summed E-state index contributed by atoms with van der Waals surface area (Å²) in [6.07, 6.45) is 2.60. The van der Waals surface area contributed by atoms with E-state index in [1.165, 1.54) is 0 Å². The Hall–Kier alpha value is -3.48. The number of aromatic amines is 1. The SMILES string of the molecule is CCOC(=O)c1c(C)[nH]c(C(=O)COC(=O)c2c3c(nc4ccccc24)CCC(C)C3)c1C. The van der Waals surface area contributed by atoms with Gasteiger partial charge in [-0.1, -0.05) is 25.1 Å². The molecule has 1 N–H and O–H groups in total. The van der Waals surface area contributed by atoms with Gasteiger partial charge in [-0.05, 0) is 63.1 Å². The first-order valence-electron chi connectivity index (χ1n) is 11.3.